The smallest absolute Gasteiger partial charge is 0.192 e. The van der Waals surface area contributed by atoms with Gasteiger partial charge in [0.2, 0.25) is 0 Å². The van der Waals surface area contributed by atoms with Crippen LogP contribution in [-0.4, -0.2) is 39.5 Å². The number of hydrogen-bond donors (Lipinski definition) is 0. The lowest BCUT2D eigenvalue weighted by molar-refractivity contribution is 0.0994. The van der Waals surface area contributed by atoms with Gasteiger partial charge in [-0.05, 0) is 18.6 Å². The average molecular weight is 474 g/mol. The van der Waals surface area contributed by atoms with Crippen LogP contribution in [0, 0.1) is 0 Å². The third-order valence-electron chi connectivity index (χ3n) is 5.35. The Balaban J connectivity index is 1.52. The summed E-state index contributed by atoms with van der Waals surface area (Å²) in [5.74, 6) is 1.51. The Kier molecular flexibility index (Phi) is 8.12. The van der Waals surface area contributed by atoms with Crippen LogP contribution < -0.4 is 4.74 Å². The topological polar surface area (TPSA) is 66.2 Å². The minimum Gasteiger partial charge on any atom is -0.485 e. The fourth-order valence-corrected chi connectivity index (χ4v) is 4.53. The standard InChI is InChI=1S/C27H27N3O3S/c1-20(26(31)22-13-7-4-8-14-22)34-27-29-28-25(30(27)17-18-32-2)19-33-24-16-10-9-15-23(24)21-11-5-3-6-12-21/h3-16,20H,17-19H2,1-2H3. The van der Waals surface area contributed by atoms with Gasteiger partial charge >= 0.3 is 0 Å². The van der Waals surface area contributed by atoms with Gasteiger partial charge in [-0.15, -0.1) is 10.2 Å². The molecule has 0 saturated carbocycles. The van der Waals surface area contributed by atoms with E-state index in [-0.39, 0.29) is 17.6 Å². The molecule has 1 unspecified atom stereocenters. The van der Waals surface area contributed by atoms with Crippen LogP contribution in [0.25, 0.3) is 11.1 Å². The molecule has 4 aromatic rings. The van der Waals surface area contributed by atoms with Crippen molar-refractivity contribution in [2.24, 2.45) is 0 Å². The fourth-order valence-electron chi connectivity index (χ4n) is 3.56. The van der Waals surface area contributed by atoms with Crippen LogP contribution in [0.5, 0.6) is 5.75 Å². The monoisotopic (exact) mass is 473 g/mol. The Bertz CT molecular complexity index is 1210. The van der Waals surface area contributed by atoms with Crippen molar-refractivity contribution in [1.29, 1.82) is 0 Å². The lowest BCUT2D eigenvalue weighted by Crippen LogP contribution is -2.16. The summed E-state index contributed by atoms with van der Waals surface area (Å²) in [5, 5.41) is 9.10. The highest BCUT2D eigenvalue weighted by Gasteiger charge is 2.21. The lowest BCUT2D eigenvalue weighted by Gasteiger charge is -2.14. The van der Waals surface area contributed by atoms with E-state index in [1.165, 1.54) is 11.8 Å². The van der Waals surface area contributed by atoms with Crippen molar-refractivity contribution >= 4 is 17.5 Å². The Labute approximate surface area is 203 Å². The number of carbonyl (C=O) groups excluding carboxylic acids is 1. The van der Waals surface area contributed by atoms with E-state index >= 15 is 0 Å². The van der Waals surface area contributed by atoms with Crippen molar-refractivity contribution in [1.82, 2.24) is 14.8 Å². The van der Waals surface area contributed by atoms with E-state index in [9.17, 15) is 4.79 Å². The van der Waals surface area contributed by atoms with Crippen LogP contribution in [0.15, 0.2) is 90.1 Å². The van der Waals surface area contributed by atoms with Crippen molar-refractivity contribution < 1.29 is 14.3 Å². The number of methoxy groups -OCH3 is 1. The maximum absolute atomic E-state index is 12.8. The number of thioether (sulfide) groups is 1. The van der Waals surface area contributed by atoms with E-state index < -0.39 is 0 Å². The molecule has 1 aromatic heterocycles. The normalized spacial score (nSPS) is 11.8. The van der Waals surface area contributed by atoms with Crippen LogP contribution in [0.2, 0.25) is 0 Å². The molecule has 6 nitrogen and oxygen atoms in total. The quantitative estimate of drug-likeness (QED) is 0.211. The second-order valence-electron chi connectivity index (χ2n) is 7.68. The molecule has 0 N–H and O–H groups in total. The summed E-state index contributed by atoms with van der Waals surface area (Å²) >= 11 is 1.39. The molecule has 0 aliphatic rings. The number of rotatable bonds is 11. The lowest BCUT2D eigenvalue weighted by atomic mass is 10.1. The SMILES string of the molecule is COCCn1c(COc2ccccc2-c2ccccc2)nnc1SC(C)C(=O)c1ccccc1. The minimum absolute atomic E-state index is 0.0569. The summed E-state index contributed by atoms with van der Waals surface area (Å²) in [6.45, 7) is 3.21. The summed E-state index contributed by atoms with van der Waals surface area (Å²) in [5.41, 5.74) is 2.79. The predicted octanol–water partition coefficient (Wildman–Crippen LogP) is 5.53. The molecule has 0 saturated heterocycles. The predicted molar refractivity (Wildman–Crippen MR) is 134 cm³/mol. The first-order valence-electron chi connectivity index (χ1n) is 11.1. The molecule has 0 spiro atoms. The van der Waals surface area contributed by atoms with Gasteiger partial charge in [0.05, 0.1) is 11.9 Å². The highest BCUT2D eigenvalue weighted by Crippen LogP contribution is 2.30. The van der Waals surface area contributed by atoms with E-state index in [2.05, 4.69) is 22.3 Å². The third-order valence-corrected chi connectivity index (χ3v) is 6.43. The number of aromatic nitrogens is 3. The van der Waals surface area contributed by atoms with Crippen LogP contribution in [-0.2, 0) is 17.9 Å². The second-order valence-corrected chi connectivity index (χ2v) is 8.99. The molecule has 1 heterocycles. The molecular formula is C27H27N3O3S. The Morgan fingerprint density at radius 3 is 2.35 bits per heavy atom. The zero-order valence-electron chi connectivity index (χ0n) is 19.3. The molecule has 0 aliphatic carbocycles. The largest absolute Gasteiger partial charge is 0.485 e. The van der Waals surface area contributed by atoms with E-state index in [0.717, 1.165) is 16.9 Å². The third kappa shape index (κ3) is 5.73. The van der Waals surface area contributed by atoms with Gasteiger partial charge in [0, 0.05) is 24.8 Å². The first-order chi connectivity index (χ1) is 16.7. The maximum atomic E-state index is 12.8. The average Bonchev–Trinajstić information content (AvgIpc) is 3.27. The molecule has 3 aromatic carbocycles. The number of hydrogen-bond acceptors (Lipinski definition) is 6. The fraction of sp³-hybridized carbons (Fsp3) is 0.222. The van der Waals surface area contributed by atoms with Gasteiger partial charge < -0.3 is 14.0 Å². The Morgan fingerprint density at radius 2 is 1.62 bits per heavy atom. The zero-order valence-corrected chi connectivity index (χ0v) is 20.1. The number of ketones is 1. The number of ether oxygens (including phenoxy) is 2. The van der Waals surface area contributed by atoms with Crippen molar-refractivity contribution in [3.8, 4) is 16.9 Å². The van der Waals surface area contributed by atoms with E-state index in [4.69, 9.17) is 9.47 Å². The highest BCUT2D eigenvalue weighted by molar-refractivity contribution is 8.00. The van der Waals surface area contributed by atoms with Gasteiger partial charge in [0.25, 0.3) is 0 Å². The van der Waals surface area contributed by atoms with Crippen molar-refractivity contribution in [3.63, 3.8) is 0 Å². The molecule has 0 fully saturated rings. The summed E-state index contributed by atoms with van der Waals surface area (Å²) in [4.78, 5) is 12.8. The van der Waals surface area contributed by atoms with Gasteiger partial charge in [0.1, 0.15) is 12.4 Å². The molecule has 0 aliphatic heterocycles. The number of carbonyl (C=O) groups is 1. The first-order valence-corrected chi connectivity index (χ1v) is 12.0. The number of Topliss-reactive ketones (excluding diaryl/α,β-unsaturated/α-hetero) is 1. The number of benzene rings is 3. The van der Waals surface area contributed by atoms with Crippen LogP contribution in [0.4, 0.5) is 0 Å². The minimum atomic E-state index is -0.305. The van der Waals surface area contributed by atoms with Crippen molar-refractivity contribution in [2.75, 3.05) is 13.7 Å². The molecular weight excluding hydrogens is 446 g/mol. The molecule has 4 rings (SSSR count). The van der Waals surface area contributed by atoms with Gasteiger partial charge in [-0.2, -0.15) is 0 Å². The Hall–Kier alpha value is -3.42. The summed E-state index contributed by atoms with van der Waals surface area (Å²) in [6, 6.07) is 27.4. The summed E-state index contributed by atoms with van der Waals surface area (Å²) < 4.78 is 13.5. The zero-order chi connectivity index (χ0) is 23.8. The van der Waals surface area contributed by atoms with E-state index in [0.29, 0.717) is 29.7 Å². The van der Waals surface area contributed by atoms with E-state index in [1.807, 2.05) is 84.3 Å². The molecule has 0 radical (unpaired) electrons. The maximum Gasteiger partial charge on any atom is 0.192 e. The molecule has 7 heteroatoms. The van der Waals surface area contributed by atoms with Crippen molar-refractivity contribution in [2.45, 2.75) is 30.5 Å². The van der Waals surface area contributed by atoms with Crippen LogP contribution in [0.1, 0.15) is 23.1 Å². The molecule has 0 amide bonds. The molecule has 1 atom stereocenters. The van der Waals surface area contributed by atoms with E-state index in [1.54, 1.807) is 7.11 Å². The number of para-hydroxylation sites is 1. The molecule has 174 valence electrons. The summed E-state index contributed by atoms with van der Waals surface area (Å²) in [7, 11) is 1.66. The Morgan fingerprint density at radius 1 is 0.941 bits per heavy atom. The highest BCUT2D eigenvalue weighted by atomic mass is 32.2. The number of nitrogens with zero attached hydrogens (tertiary/aromatic N) is 3. The first kappa shape index (κ1) is 23.7. The van der Waals surface area contributed by atoms with Crippen LogP contribution in [0.3, 0.4) is 0 Å². The van der Waals surface area contributed by atoms with Gasteiger partial charge in [-0.3, -0.25) is 4.79 Å². The molecule has 0 bridgehead atoms. The van der Waals surface area contributed by atoms with Gasteiger partial charge in [-0.25, -0.2) is 0 Å². The van der Waals surface area contributed by atoms with Crippen LogP contribution >= 0.6 is 11.8 Å². The van der Waals surface area contributed by atoms with Gasteiger partial charge in [-0.1, -0.05) is 90.6 Å². The van der Waals surface area contributed by atoms with Crippen molar-refractivity contribution in [3.05, 3.63) is 96.3 Å². The molecule has 34 heavy (non-hydrogen) atoms. The summed E-state index contributed by atoms with van der Waals surface area (Å²) in [6.07, 6.45) is 0. The van der Waals surface area contributed by atoms with Gasteiger partial charge in [0.15, 0.2) is 16.8 Å². The second kappa shape index (κ2) is 11.6.